The van der Waals surface area contributed by atoms with Crippen LogP contribution < -0.4 is 16.3 Å². The second kappa shape index (κ2) is 4.25. The molecule has 0 N–H and O–H groups in total. The van der Waals surface area contributed by atoms with Crippen LogP contribution >= 0.6 is 0 Å². The van der Waals surface area contributed by atoms with Gasteiger partial charge >= 0.3 is 5.69 Å². The molecule has 0 atom stereocenters. The van der Waals surface area contributed by atoms with Crippen molar-refractivity contribution in [1.82, 2.24) is 18.8 Å². The van der Waals surface area contributed by atoms with Crippen molar-refractivity contribution in [1.29, 1.82) is 0 Å². The second-order valence-electron chi connectivity index (χ2n) is 4.81. The number of aryl methyl sites for hydroxylation is 1. The summed E-state index contributed by atoms with van der Waals surface area (Å²) in [6.07, 6.45) is 3.87. The summed E-state index contributed by atoms with van der Waals surface area (Å²) in [5.41, 5.74) is 0.370. The van der Waals surface area contributed by atoms with Crippen LogP contribution in [0.2, 0.25) is 0 Å². The number of nitrogens with zero attached hydrogens (tertiary/aromatic N) is 5. The van der Waals surface area contributed by atoms with Crippen LogP contribution in [0.15, 0.2) is 15.9 Å². The smallest absolute Gasteiger partial charge is 0.311 e. The van der Waals surface area contributed by atoms with E-state index in [0.717, 1.165) is 25.9 Å². The van der Waals surface area contributed by atoms with Crippen LogP contribution in [0.3, 0.4) is 0 Å². The van der Waals surface area contributed by atoms with Crippen molar-refractivity contribution in [3.05, 3.63) is 27.2 Å². The zero-order valence-electron chi connectivity index (χ0n) is 11.2. The summed E-state index contributed by atoms with van der Waals surface area (Å²) in [7, 11) is 1.65. The molecule has 1 fully saturated rings. The zero-order chi connectivity index (χ0) is 13.6. The normalized spacial score (nSPS) is 15.6. The van der Waals surface area contributed by atoms with Gasteiger partial charge < -0.3 is 5.01 Å². The van der Waals surface area contributed by atoms with Crippen molar-refractivity contribution in [3.8, 4) is 0 Å². The fourth-order valence-electron chi connectivity index (χ4n) is 2.67. The molecule has 102 valence electrons. The molecule has 1 aliphatic heterocycles. The average Bonchev–Trinajstić information content (AvgIpc) is 3.05. The van der Waals surface area contributed by atoms with Gasteiger partial charge in [0.25, 0.3) is 5.56 Å². The lowest BCUT2D eigenvalue weighted by Gasteiger charge is -2.19. The molecule has 0 amide bonds. The van der Waals surface area contributed by atoms with Crippen molar-refractivity contribution in [2.24, 2.45) is 7.05 Å². The average molecular weight is 263 g/mol. The minimum atomic E-state index is -0.313. The van der Waals surface area contributed by atoms with E-state index in [1.807, 2.05) is 0 Å². The predicted molar refractivity (Wildman–Crippen MR) is 72.1 cm³/mol. The molecule has 0 unspecified atom stereocenters. The van der Waals surface area contributed by atoms with Gasteiger partial charge in [-0.2, -0.15) is 0 Å². The Kier molecular flexibility index (Phi) is 2.69. The van der Waals surface area contributed by atoms with Crippen LogP contribution in [0.25, 0.3) is 11.2 Å². The molecule has 3 heterocycles. The minimum absolute atomic E-state index is 0.259. The Bertz CT molecular complexity index is 733. The van der Waals surface area contributed by atoms with Crippen LogP contribution in [0.1, 0.15) is 19.8 Å². The maximum atomic E-state index is 12.4. The van der Waals surface area contributed by atoms with Crippen molar-refractivity contribution in [2.75, 3.05) is 18.1 Å². The fraction of sp³-hybridized carbons (Fsp3) is 0.583. The first-order valence-corrected chi connectivity index (χ1v) is 6.57. The van der Waals surface area contributed by atoms with Crippen molar-refractivity contribution in [2.45, 2.75) is 26.3 Å². The highest BCUT2D eigenvalue weighted by molar-refractivity contribution is 5.70. The Labute approximate surface area is 109 Å². The quantitative estimate of drug-likeness (QED) is 0.743. The molecule has 7 nitrogen and oxygen atoms in total. The molecule has 0 aromatic carbocycles. The van der Waals surface area contributed by atoms with Crippen molar-refractivity contribution < 1.29 is 0 Å². The molecule has 19 heavy (non-hydrogen) atoms. The van der Waals surface area contributed by atoms with E-state index in [0.29, 0.717) is 17.7 Å². The highest BCUT2D eigenvalue weighted by Crippen LogP contribution is 2.11. The lowest BCUT2D eigenvalue weighted by molar-refractivity contribution is 0.626. The van der Waals surface area contributed by atoms with E-state index in [1.165, 1.54) is 9.13 Å². The number of hydrogen-bond acceptors (Lipinski definition) is 4. The Morgan fingerprint density at radius 3 is 2.58 bits per heavy atom. The highest BCUT2D eigenvalue weighted by Gasteiger charge is 2.20. The Balaban J connectivity index is 2.36. The molecule has 1 aliphatic rings. The van der Waals surface area contributed by atoms with Gasteiger partial charge in [-0.25, -0.2) is 14.5 Å². The number of fused-ring (bicyclic) bond motifs is 1. The molecule has 0 saturated carbocycles. The van der Waals surface area contributed by atoms with Gasteiger partial charge in [0, 0.05) is 26.7 Å². The predicted octanol–water partition coefficient (Wildman–Crippen LogP) is -0.352. The molecule has 2 aromatic heterocycles. The third-order valence-electron chi connectivity index (χ3n) is 3.72. The molecular formula is C12H17N5O2. The monoisotopic (exact) mass is 263 g/mol. The third-order valence-corrected chi connectivity index (χ3v) is 3.72. The van der Waals surface area contributed by atoms with E-state index in [9.17, 15) is 9.59 Å². The summed E-state index contributed by atoms with van der Waals surface area (Å²) >= 11 is 0. The standard InChI is InChI=1S/C12H17N5O2/c1-3-16-11(18)9-10(14(2)12(16)19)13-8-17(9)15-6-4-5-7-15/h8H,3-7H2,1-2H3. The van der Waals surface area contributed by atoms with E-state index in [4.69, 9.17) is 0 Å². The van der Waals surface area contributed by atoms with Gasteiger partial charge in [-0.1, -0.05) is 0 Å². The van der Waals surface area contributed by atoms with Crippen molar-refractivity contribution >= 4 is 11.2 Å². The van der Waals surface area contributed by atoms with Crippen LogP contribution in [0.5, 0.6) is 0 Å². The van der Waals surface area contributed by atoms with Gasteiger partial charge in [0.15, 0.2) is 11.2 Å². The van der Waals surface area contributed by atoms with Crippen LogP contribution in [0, 0.1) is 0 Å². The van der Waals surface area contributed by atoms with Gasteiger partial charge in [-0.15, -0.1) is 0 Å². The number of imidazole rings is 1. The molecule has 3 rings (SSSR count). The SMILES string of the molecule is CCn1c(=O)c2c(ncn2N2CCCC2)n(C)c1=O. The summed E-state index contributed by atoms with van der Waals surface area (Å²) in [4.78, 5) is 28.7. The fourth-order valence-corrected chi connectivity index (χ4v) is 2.67. The lowest BCUT2D eigenvalue weighted by Crippen LogP contribution is -2.41. The first-order chi connectivity index (χ1) is 9.15. The summed E-state index contributed by atoms with van der Waals surface area (Å²) in [6, 6.07) is 0. The number of aromatic nitrogens is 4. The topological polar surface area (TPSA) is 65.1 Å². The Hall–Kier alpha value is -2.05. The largest absolute Gasteiger partial charge is 0.332 e. The molecule has 2 aromatic rings. The minimum Gasteiger partial charge on any atom is -0.311 e. The van der Waals surface area contributed by atoms with E-state index in [-0.39, 0.29) is 11.2 Å². The molecule has 0 spiro atoms. The third kappa shape index (κ3) is 1.61. The summed E-state index contributed by atoms with van der Waals surface area (Å²) < 4.78 is 4.49. The molecule has 0 bridgehead atoms. The maximum absolute atomic E-state index is 12.4. The van der Waals surface area contributed by atoms with Crippen LogP contribution in [-0.4, -0.2) is 31.9 Å². The van der Waals surface area contributed by atoms with Gasteiger partial charge in [-0.05, 0) is 19.8 Å². The number of hydrogen-bond donors (Lipinski definition) is 0. The van der Waals surface area contributed by atoms with Gasteiger partial charge in [-0.3, -0.25) is 13.9 Å². The zero-order valence-corrected chi connectivity index (χ0v) is 11.2. The molecular weight excluding hydrogens is 246 g/mol. The first-order valence-electron chi connectivity index (χ1n) is 6.57. The van der Waals surface area contributed by atoms with E-state index in [2.05, 4.69) is 9.99 Å². The Morgan fingerprint density at radius 1 is 1.26 bits per heavy atom. The lowest BCUT2D eigenvalue weighted by atomic mass is 10.4. The van der Waals surface area contributed by atoms with Crippen LogP contribution in [-0.2, 0) is 13.6 Å². The highest BCUT2D eigenvalue weighted by atomic mass is 16.2. The molecule has 1 saturated heterocycles. The molecule has 0 radical (unpaired) electrons. The Morgan fingerprint density at radius 2 is 1.95 bits per heavy atom. The van der Waals surface area contributed by atoms with E-state index < -0.39 is 0 Å². The van der Waals surface area contributed by atoms with Gasteiger partial charge in [0.2, 0.25) is 0 Å². The summed E-state index contributed by atoms with van der Waals surface area (Å²) in [5, 5.41) is 2.10. The van der Waals surface area contributed by atoms with E-state index in [1.54, 1.807) is 25.0 Å². The van der Waals surface area contributed by atoms with Gasteiger partial charge in [0.1, 0.15) is 6.33 Å². The van der Waals surface area contributed by atoms with E-state index >= 15 is 0 Å². The number of rotatable bonds is 2. The molecule has 7 heteroatoms. The summed E-state index contributed by atoms with van der Waals surface area (Å²) in [5.74, 6) is 0. The second-order valence-corrected chi connectivity index (χ2v) is 4.81. The first kappa shape index (κ1) is 12.0. The van der Waals surface area contributed by atoms with Gasteiger partial charge in [0.05, 0.1) is 0 Å². The summed E-state index contributed by atoms with van der Waals surface area (Å²) in [6.45, 7) is 4.00. The van der Waals surface area contributed by atoms with Crippen molar-refractivity contribution in [3.63, 3.8) is 0 Å². The maximum Gasteiger partial charge on any atom is 0.332 e. The van der Waals surface area contributed by atoms with Crippen LogP contribution in [0.4, 0.5) is 0 Å². The molecule has 0 aliphatic carbocycles.